The lowest BCUT2D eigenvalue weighted by Gasteiger charge is -2.22. The maximum Gasteiger partial charge on any atom is 0.249 e. The van der Waals surface area contributed by atoms with Crippen LogP contribution in [0.5, 0.6) is 0 Å². The molecule has 7 nitrogen and oxygen atoms in total. The molecule has 1 saturated carbocycles. The summed E-state index contributed by atoms with van der Waals surface area (Å²) in [6, 6.07) is 8.27. The Kier molecular flexibility index (Phi) is 5.44. The van der Waals surface area contributed by atoms with E-state index < -0.39 is 0 Å². The molecule has 4 aromatic rings. The molecule has 0 radical (unpaired) electrons. The summed E-state index contributed by atoms with van der Waals surface area (Å²) in [5, 5.41) is 0.457. The topological polar surface area (TPSA) is 94.3 Å². The lowest BCUT2D eigenvalue weighted by Crippen LogP contribution is -2.26. The molecule has 0 bridgehead atoms. The number of nitrogens with two attached hydrogens (primary N) is 1. The van der Waals surface area contributed by atoms with Crippen LogP contribution in [0.2, 0.25) is 5.02 Å². The summed E-state index contributed by atoms with van der Waals surface area (Å²) in [7, 11) is 0. The van der Waals surface area contributed by atoms with Gasteiger partial charge in [-0.15, -0.1) is 0 Å². The van der Waals surface area contributed by atoms with Crippen molar-refractivity contribution in [3.63, 3.8) is 0 Å². The molecule has 1 aliphatic rings. The van der Waals surface area contributed by atoms with Crippen molar-refractivity contribution >= 4 is 29.4 Å². The van der Waals surface area contributed by atoms with E-state index in [2.05, 4.69) is 24.9 Å². The fourth-order valence-corrected chi connectivity index (χ4v) is 4.12. The number of imidazole rings is 1. The van der Waals surface area contributed by atoms with Crippen LogP contribution in [0.3, 0.4) is 0 Å². The van der Waals surface area contributed by atoms with E-state index in [0.717, 1.165) is 48.2 Å². The average Bonchev–Trinajstić information content (AvgIpc) is 3.23. The van der Waals surface area contributed by atoms with Gasteiger partial charge in [-0.1, -0.05) is 11.6 Å². The van der Waals surface area contributed by atoms with Crippen LogP contribution in [-0.2, 0) is 0 Å². The predicted molar refractivity (Wildman–Crippen MR) is 123 cm³/mol. The van der Waals surface area contributed by atoms with Gasteiger partial charge in [0.15, 0.2) is 0 Å². The molecule has 2 N–H and O–H groups in total. The van der Waals surface area contributed by atoms with E-state index in [-0.39, 0.29) is 0 Å². The second-order valence-electron chi connectivity index (χ2n) is 7.84. The maximum atomic E-state index is 6.47. The molecule has 0 amide bonds. The molecular weight excluding hydrogens is 410 g/mol. The first-order chi connectivity index (χ1) is 15.2. The van der Waals surface area contributed by atoms with Gasteiger partial charge in [0, 0.05) is 30.8 Å². The molecule has 156 valence electrons. The Bertz CT molecular complexity index is 1230. The van der Waals surface area contributed by atoms with Gasteiger partial charge in [-0.3, -0.25) is 9.38 Å². The fraction of sp³-hybridized carbons (Fsp3) is 0.261. The molecule has 1 fully saturated rings. The van der Waals surface area contributed by atoms with Gasteiger partial charge in [-0.25, -0.2) is 19.9 Å². The molecule has 31 heavy (non-hydrogen) atoms. The summed E-state index contributed by atoms with van der Waals surface area (Å²) in [6.45, 7) is 0. The molecule has 0 spiro atoms. The number of fused-ring (bicyclic) bond motifs is 1. The van der Waals surface area contributed by atoms with Crippen molar-refractivity contribution in [2.24, 2.45) is 16.6 Å². The summed E-state index contributed by atoms with van der Waals surface area (Å²) in [5.41, 5.74) is 10.3. The zero-order chi connectivity index (χ0) is 21.2. The Labute approximate surface area is 185 Å². The van der Waals surface area contributed by atoms with E-state index in [1.807, 2.05) is 41.1 Å². The number of halogens is 1. The van der Waals surface area contributed by atoms with Crippen LogP contribution < -0.4 is 5.73 Å². The van der Waals surface area contributed by atoms with Crippen LogP contribution in [0.15, 0.2) is 60.2 Å². The number of pyridine rings is 2. The summed E-state index contributed by atoms with van der Waals surface area (Å²) in [6.07, 6.45) is 15.1. The normalized spacial score (nSPS) is 19.3. The van der Waals surface area contributed by atoms with Gasteiger partial charge in [-0.2, -0.15) is 0 Å². The van der Waals surface area contributed by atoms with Gasteiger partial charge in [0.1, 0.15) is 11.3 Å². The summed E-state index contributed by atoms with van der Waals surface area (Å²) >= 11 is 6.47. The lowest BCUT2D eigenvalue weighted by atomic mass is 9.87. The minimum Gasteiger partial charge on any atom is -0.328 e. The molecule has 0 unspecified atom stereocenters. The SMILES string of the molecule is NC1CCC(C=Nc2ncc(Cl)c(-c3cnc4ccc(-c5ccncc5)cn34)n2)CC1. The van der Waals surface area contributed by atoms with Crippen molar-refractivity contribution in [1.29, 1.82) is 0 Å². The van der Waals surface area contributed by atoms with E-state index in [4.69, 9.17) is 17.3 Å². The Morgan fingerprint density at radius 3 is 2.61 bits per heavy atom. The number of aromatic nitrogens is 5. The Balaban J connectivity index is 1.49. The molecule has 0 aliphatic heterocycles. The summed E-state index contributed by atoms with van der Waals surface area (Å²) in [4.78, 5) is 22.0. The first-order valence-electron chi connectivity index (χ1n) is 10.4. The van der Waals surface area contributed by atoms with Crippen molar-refractivity contribution in [2.75, 3.05) is 0 Å². The van der Waals surface area contributed by atoms with Gasteiger partial charge in [0.05, 0.1) is 23.1 Å². The highest BCUT2D eigenvalue weighted by Crippen LogP contribution is 2.29. The van der Waals surface area contributed by atoms with Gasteiger partial charge in [0.25, 0.3) is 0 Å². The zero-order valence-corrected chi connectivity index (χ0v) is 17.7. The number of hydrogen-bond donors (Lipinski definition) is 1. The highest BCUT2D eigenvalue weighted by atomic mass is 35.5. The third kappa shape index (κ3) is 4.19. The lowest BCUT2D eigenvalue weighted by molar-refractivity contribution is 0.396. The van der Waals surface area contributed by atoms with Crippen LogP contribution in [0.4, 0.5) is 5.95 Å². The van der Waals surface area contributed by atoms with E-state index in [9.17, 15) is 0 Å². The second-order valence-corrected chi connectivity index (χ2v) is 8.25. The highest BCUT2D eigenvalue weighted by molar-refractivity contribution is 6.32. The van der Waals surface area contributed by atoms with Crippen LogP contribution in [0, 0.1) is 5.92 Å². The van der Waals surface area contributed by atoms with Crippen molar-refractivity contribution in [1.82, 2.24) is 24.3 Å². The standard InChI is InChI=1S/C23H22ClN7/c24-19-12-29-23(28-11-15-1-4-18(25)5-2-15)30-22(19)20-13-27-21-6-3-17(14-31(20)21)16-7-9-26-10-8-16/h3,6-15,18H,1-2,4-5,25H2. The summed E-state index contributed by atoms with van der Waals surface area (Å²) in [5.74, 6) is 0.816. The molecule has 5 rings (SSSR count). The van der Waals surface area contributed by atoms with Crippen molar-refractivity contribution in [3.05, 3.63) is 60.3 Å². The highest BCUT2D eigenvalue weighted by Gasteiger charge is 2.17. The van der Waals surface area contributed by atoms with E-state index in [1.165, 1.54) is 0 Å². The predicted octanol–water partition coefficient (Wildman–Crippen LogP) is 4.73. The maximum absolute atomic E-state index is 6.47. The molecule has 1 aliphatic carbocycles. The minimum absolute atomic E-state index is 0.315. The quantitative estimate of drug-likeness (QED) is 0.471. The fourth-order valence-electron chi connectivity index (χ4n) is 3.94. The monoisotopic (exact) mass is 431 g/mol. The molecule has 0 saturated heterocycles. The van der Waals surface area contributed by atoms with Crippen LogP contribution >= 0.6 is 11.6 Å². The van der Waals surface area contributed by atoms with Crippen molar-refractivity contribution in [3.8, 4) is 22.5 Å². The summed E-state index contributed by atoms with van der Waals surface area (Å²) < 4.78 is 1.99. The molecule has 4 aromatic heterocycles. The Hall–Kier alpha value is -3.16. The first-order valence-corrected chi connectivity index (χ1v) is 10.8. The van der Waals surface area contributed by atoms with Gasteiger partial charge < -0.3 is 5.73 Å². The average molecular weight is 432 g/mol. The first kappa shape index (κ1) is 19.8. The Morgan fingerprint density at radius 1 is 1.00 bits per heavy atom. The Morgan fingerprint density at radius 2 is 1.81 bits per heavy atom. The molecule has 8 heteroatoms. The molecule has 0 atom stereocenters. The largest absolute Gasteiger partial charge is 0.328 e. The van der Waals surface area contributed by atoms with Crippen molar-refractivity contribution in [2.45, 2.75) is 31.7 Å². The van der Waals surface area contributed by atoms with Gasteiger partial charge >= 0.3 is 0 Å². The van der Waals surface area contributed by atoms with Crippen LogP contribution in [0.1, 0.15) is 25.7 Å². The van der Waals surface area contributed by atoms with E-state index >= 15 is 0 Å². The number of aliphatic imine (C=N–C) groups is 1. The molecule has 0 aromatic carbocycles. The molecule has 4 heterocycles. The van der Waals surface area contributed by atoms with Gasteiger partial charge in [0.2, 0.25) is 5.95 Å². The number of rotatable bonds is 4. The number of hydrogen-bond acceptors (Lipinski definition) is 6. The third-order valence-electron chi connectivity index (χ3n) is 5.71. The smallest absolute Gasteiger partial charge is 0.249 e. The van der Waals surface area contributed by atoms with Crippen LogP contribution in [0.25, 0.3) is 28.2 Å². The third-order valence-corrected chi connectivity index (χ3v) is 5.99. The van der Waals surface area contributed by atoms with Gasteiger partial charge in [-0.05, 0) is 67.0 Å². The minimum atomic E-state index is 0.315. The zero-order valence-electron chi connectivity index (χ0n) is 16.9. The van der Waals surface area contributed by atoms with E-state index in [1.54, 1.807) is 24.8 Å². The number of nitrogens with zero attached hydrogens (tertiary/aromatic N) is 6. The van der Waals surface area contributed by atoms with Crippen LogP contribution in [-0.4, -0.2) is 36.6 Å². The van der Waals surface area contributed by atoms with E-state index in [0.29, 0.717) is 28.6 Å². The van der Waals surface area contributed by atoms with Crippen molar-refractivity contribution < 1.29 is 0 Å². The second kappa shape index (κ2) is 8.53. The molecular formula is C23H22ClN7.